The summed E-state index contributed by atoms with van der Waals surface area (Å²) in [5.74, 6) is -1.62. The molecule has 1 aliphatic rings. The summed E-state index contributed by atoms with van der Waals surface area (Å²) in [7, 11) is 0. The lowest BCUT2D eigenvalue weighted by Gasteiger charge is -2.04. The molecule has 1 N–H and O–H groups in total. The van der Waals surface area contributed by atoms with E-state index in [2.05, 4.69) is 9.47 Å². The number of benzene rings is 1. The van der Waals surface area contributed by atoms with Gasteiger partial charge in [-0.05, 0) is 0 Å². The van der Waals surface area contributed by atoms with Crippen LogP contribution in [0.4, 0.5) is 18.9 Å². The molecule has 0 saturated carbocycles. The number of halogens is 3. The van der Waals surface area contributed by atoms with Gasteiger partial charge in [0.1, 0.15) is 0 Å². The molecule has 0 aromatic heterocycles. The van der Waals surface area contributed by atoms with Gasteiger partial charge >= 0.3 is 6.29 Å². The lowest BCUT2D eigenvalue weighted by atomic mass is 10.2. The largest absolute Gasteiger partial charge is 0.586 e. The molecule has 15 heavy (non-hydrogen) atoms. The average Bonchev–Trinajstić information content (AvgIpc) is 2.39. The molecule has 7 heteroatoms. The number of amides is 1. The van der Waals surface area contributed by atoms with E-state index in [4.69, 9.17) is 0 Å². The Kier molecular flexibility index (Phi) is 1.95. The standard InChI is InChI=1S/C8H4F3NO3/c9-4-1-6-7(2-5(4)12-3-13)15-8(10,11)14-6/h1-3H,(H,12,13). The molecule has 0 unspecified atom stereocenters. The van der Waals surface area contributed by atoms with Crippen molar-refractivity contribution in [1.82, 2.24) is 0 Å². The SMILES string of the molecule is O=CNc1cc2c(cc1F)OC(F)(F)O2. The third kappa shape index (κ3) is 1.67. The smallest absolute Gasteiger partial charge is 0.395 e. The van der Waals surface area contributed by atoms with Crippen molar-refractivity contribution in [3.8, 4) is 11.5 Å². The Hall–Kier alpha value is -1.92. The second kappa shape index (κ2) is 3.04. The Morgan fingerprint density at radius 2 is 1.87 bits per heavy atom. The van der Waals surface area contributed by atoms with Gasteiger partial charge in [0.2, 0.25) is 6.41 Å². The number of anilines is 1. The molecule has 0 radical (unpaired) electrons. The summed E-state index contributed by atoms with van der Waals surface area (Å²) < 4.78 is 46.2. The molecule has 4 nitrogen and oxygen atoms in total. The molecule has 1 amide bonds. The van der Waals surface area contributed by atoms with E-state index in [9.17, 15) is 18.0 Å². The van der Waals surface area contributed by atoms with E-state index < -0.39 is 17.9 Å². The number of fused-ring (bicyclic) bond motifs is 1. The molecule has 0 bridgehead atoms. The molecule has 1 aromatic rings. The van der Waals surface area contributed by atoms with Crippen LogP contribution >= 0.6 is 0 Å². The van der Waals surface area contributed by atoms with Crippen molar-refractivity contribution in [2.75, 3.05) is 5.32 Å². The molecule has 80 valence electrons. The summed E-state index contributed by atoms with van der Waals surface area (Å²) in [6, 6.07) is 1.63. The lowest BCUT2D eigenvalue weighted by Crippen LogP contribution is -2.25. The van der Waals surface area contributed by atoms with E-state index in [-0.39, 0.29) is 17.8 Å². The minimum Gasteiger partial charge on any atom is -0.395 e. The van der Waals surface area contributed by atoms with Gasteiger partial charge in [-0.3, -0.25) is 4.79 Å². The van der Waals surface area contributed by atoms with Crippen molar-refractivity contribution in [2.45, 2.75) is 6.29 Å². The molecule has 0 spiro atoms. The van der Waals surface area contributed by atoms with E-state index in [1.807, 2.05) is 5.32 Å². The molecule has 0 atom stereocenters. The number of nitrogens with one attached hydrogen (secondary N) is 1. The predicted molar refractivity (Wildman–Crippen MR) is 42.3 cm³/mol. The van der Waals surface area contributed by atoms with Crippen LogP contribution in [0.3, 0.4) is 0 Å². The van der Waals surface area contributed by atoms with Gasteiger partial charge in [0.05, 0.1) is 5.69 Å². The van der Waals surface area contributed by atoms with Crippen LogP contribution in [0.1, 0.15) is 0 Å². The third-order valence-electron chi connectivity index (χ3n) is 1.71. The highest BCUT2D eigenvalue weighted by atomic mass is 19.3. The molecule has 0 saturated heterocycles. The zero-order valence-corrected chi connectivity index (χ0v) is 7.09. The van der Waals surface area contributed by atoms with E-state index in [1.165, 1.54) is 0 Å². The first-order chi connectivity index (χ1) is 7.02. The summed E-state index contributed by atoms with van der Waals surface area (Å²) in [4.78, 5) is 10.1. The van der Waals surface area contributed by atoms with Crippen LogP contribution in [0, 0.1) is 5.82 Å². The Morgan fingerprint density at radius 1 is 1.27 bits per heavy atom. The number of ether oxygens (including phenoxy) is 2. The molecular formula is C8H4F3NO3. The van der Waals surface area contributed by atoms with Gasteiger partial charge in [0.25, 0.3) is 0 Å². The van der Waals surface area contributed by atoms with Crippen LogP contribution in [0.2, 0.25) is 0 Å². The lowest BCUT2D eigenvalue weighted by molar-refractivity contribution is -0.286. The number of carbonyl (C=O) groups excluding carboxylic acids is 1. The molecule has 0 aliphatic carbocycles. The van der Waals surface area contributed by atoms with E-state index in [1.54, 1.807) is 0 Å². The summed E-state index contributed by atoms with van der Waals surface area (Å²) in [6.45, 7) is 0. The average molecular weight is 219 g/mol. The van der Waals surface area contributed by atoms with Crippen LogP contribution < -0.4 is 14.8 Å². The van der Waals surface area contributed by atoms with Crippen molar-refractivity contribution in [2.24, 2.45) is 0 Å². The van der Waals surface area contributed by atoms with Gasteiger partial charge < -0.3 is 14.8 Å². The Balaban J connectivity index is 2.40. The van der Waals surface area contributed by atoms with Crippen LogP contribution in [0.5, 0.6) is 11.5 Å². The Morgan fingerprint density at radius 3 is 2.47 bits per heavy atom. The fraction of sp³-hybridized carbons (Fsp3) is 0.125. The maximum atomic E-state index is 13.1. The van der Waals surface area contributed by atoms with Gasteiger partial charge in [-0.2, -0.15) is 0 Å². The molecule has 2 rings (SSSR count). The second-order valence-electron chi connectivity index (χ2n) is 2.71. The fourth-order valence-corrected chi connectivity index (χ4v) is 1.15. The van der Waals surface area contributed by atoms with Gasteiger partial charge in [0.15, 0.2) is 17.3 Å². The zero-order valence-electron chi connectivity index (χ0n) is 7.09. The van der Waals surface area contributed by atoms with Crippen LogP contribution in [-0.4, -0.2) is 12.7 Å². The highest BCUT2D eigenvalue weighted by Gasteiger charge is 2.43. The molecule has 1 aromatic carbocycles. The molecular weight excluding hydrogens is 215 g/mol. The van der Waals surface area contributed by atoms with Crippen molar-refractivity contribution in [1.29, 1.82) is 0 Å². The fourth-order valence-electron chi connectivity index (χ4n) is 1.15. The van der Waals surface area contributed by atoms with Crippen LogP contribution in [0.15, 0.2) is 12.1 Å². The highest BCUT2D eigenvalue weighted by Crippen LogP contribution is 2.43. The first kappa shape index (κ1) is 9.63. The number of hydrogen-bond acceptors (Lipinski definition) is 3. The quantitative estimate of drug-likeness (QED) is 0.770. The van der Waals surface area contributed by atoms with E-state index >= 15 is 0 Å². The first-order valence-electron chi connectivity index (χ1n) is 3.81. The summed E-state index contributed by atoms with van der Waals surface area (Å²) in [6.07, 6.45) is -3.58. The number of hydrogen-bond donors (Lipinski definition) is 1. The maximum absolute atomic E-state index is 13.1. The monoisotopic (exact) mass is 219 g/mol. The van der Waals surface area contributed by atoms with E-state index in [0.29, 0.717) is 6.07 Å². The van der Waals surface area contributed by atoms with Gasteiger partial charge in [-0.15, -0.1) is 8.78 Å². The second-order valence-corrected chi connectivity index (χ2v) is 2.71. The number of alkyl halides is 2. The van der Waals surface area contributed by atoms with Crippen LogP contribution in [0.25, 0.3) is 0 Å². The minimum atomic E-state index is -3.80. The Labute approximate surface area is 81.6 Å². The van der Waals surface area contributed by atoms with Crippen molar-refractivity contribution >= 4 is 12.1 Å². The summed E-state index contributed by atoms with van der Waals surface area (Å²) in [5.41, 5.74) is -0.259. The molecule has 0 fully saturated rings. The van der Waals surface area contributed by atoms with E-state index in [0.717, 1.165) is 6.07 Å². The van der Waals surface area contributed by atoms with Gasteiger partial charge in [0, 0.05) is 12.1 Å². The third-order valence-corrected chi connectivity index (χ3v) is 1.71. The van der Waals surface area contributed by atoms with Crippen LogP contribution in [-0.2, 0) is 4.79 Å². The summed E-state index contributed by atoms with van der Waals surface area (Å²) >= 11 is 0. The Bertz CT molecular complexity index is 422. The van der Waals surface area contributed by atoms with Crippen molar-refractivity contribution < 1.29 is 27.4 Å². The maximum Gasteiger partial charge on any atom is 0.586 e. The van der Waals surface area contributed by atoms with Crippen molar-refractivity contribution in [3.05, 3.63) is 17.9 Å². The minimum absolute atomic E-state index is 0.221. The van der Waals surface area contributed by atoms with Gasteiger partial charge in [-0.25, -0.2) is 4.39 Å². The zero-order chi connectivity index (χ0) is 11.1. The highest BCUT2D eigenvalue weighted by molar-refractivity contribution is 5.73. The summed E-state index contributed by atoms with van der Waals surface area (Å²) in [5, 5.41) is 2.00. The molecule has 1 heterocycles. The number of carbonyl (C=O) groups is 1. The van der Waals surface area contributed by atoms with Gasteiger partial charge in [-0.1, -0.05) is 0 Å². The number of rotatable bonds is 2. The van der Waals surface area contributed by atoms with Crippen molar-refractivity contribution in [3.63, 3.8) is 0 Å². The normalized spacial score (nSPS) is 16.2. The first-order valence-corrected chi connectivity index (χ1v) is 3.81. The molecule has 1 aliphatic heterocycles. The predicted octanol–water partition coefficient (Wildman–Crippen LogP) is 1.72. The topological polar surface area (TPSA) is 47.6 Å².